The summed E-state index contributed by atoms with van der Waals surface area (Å²) in [6.45, 7) is 18.5. The Balaban J connectivity index is 0.953. The van der Waals surface area contributed by atoms with Crippen molar-refractivity contribution in [1.82, 2.24) is 0 Å². The van der Waals surface area contributed by atoms with Gasteiger partial charge in [0.15, 0.2) is 0 Å². The molecule has 0 bridgehead atoms. The molecule has 0 aromatic heterocycles. The minimum atomic E-state index is -2.67. The maximum atomic E-state index is 7.35. The molecular formula is C56H76O8Si2. The summed E-state index contributed by atoms with van der Waals surface area (Å²) >= 11 is 0. The summed E-state index contributed by atoms with van der Waals surface area (Å²) in [7, 11) is -4.63. The minimum absolute atomic E-state index is 0.0468. The van der Waals surface area contributed by atoms with E-state index in [0.29, 0.717) is 26.4 Å². The standard InChI is InChI=1S/C56H76O8Si2/c1-55(2,3)66(45-27-16-10-17-28-45,46-29-18-11-19-30-46)59-37-21-31-47-50(64-65(5,6)7)33-32-48-49(61-47)34-35-56(4)53(62-48)39-52-54(63-56)51(58-41-43-24-14-9-15-25-43)38-44(60-52)26-20-36-57-40-42-22-12-8-13-23-42/h8-19,22-25,27-30,33,44,47-49,51-54H,20-21,26,31-32,34-41H2,1-7H3/t44-,47-,48-,49+,51+,52-,53+,54+,56-/m1/s1. The van der Waals surface area contributed by atoms with Crippen molar-refractivity contribution in [3.63, 3.8) is 0 Å². The van der Waals surface area contributed by atoms with E-state index in [9.17, 15) is 0 Å². The maximum Gasteiger partial charge on any atom is 0.261 e. The molecule has 8 rings (SSSR count). The molecule has 10 heteroatoms. The number of benzene rings is 4. The Labute approximate surface area is 397 Å². The van der Waals surface area contributed by atoms with Crippen LogP contribution < -0.4 is 10.4 Å². The molecular weight excluding hydrogens is 857 g/mol. The molecule has 0 amide bonds. The quantitative estimate of drug-likeness (QED) is 0.0722. The summed E-state index contributed by atoms with van der Waals surface area (Å²) in [6, 6.07) is 42.7. The average molecular weight is 933 g/mol. The summed E-state index contributed by atoms with van der Waals surface area (Å²) in [4.78, 5) is 0. The summed E-state index contributed by atoms with van der Waals surface area (Å²) in [6.07, 6.45) is 8.73. The van der Waals surface area contributed by atoms with Gasteiger partial charge in [0.1, 0.15) is 18.0 Å². The van der Waals surface area contributed by atoms with E-state index in [-0.39, 0.29) is 53.9 Å². The molecule has 4 aliphatic heterocycles. The van der Waals surface area contributed by atoms with Gasteiger partial charge in [-0.05, 0) is 104 Å². The van der Waals surface area contributed by atoms with E-state index in [0.717, 1.165) is 69.1 Å². The molecule has 4 aromatic rings. The SMILES string of the molecule is CC(C)(C)[Si](OCCC[C@H]1O[C@H]2CC[C@@]3(C)O[C@H]4[C@@H](OCc5ccccc5)C[C@@H](CCCOCc5ccccc5)O[C@@H]4C[C@@H]3O[C@@H]2CC=C1O[Si](C)(C)C)(c1ccccc1)c1ccccc1. The highest BCUT2D eigenvalue weighted by Gasteiger charge is 2.55. The van der Waals surface area contributed by atoms with Crippen molar-refractivity contribution >= 4 is 27.0 Å². The number of hydrogen-bond donors (Lipinski definition) is 0. The van der Waals surface area contributed by atoms with Gasteiger partial charge in [-0.1, -0.05) is 142 Å². The average Bonchev–Trinajstić information content (AvgIpc) is 3.54. The monoisotopic (exact) mass is 933 g/mol. The van der Waals surface area contributed by atoms with Crippen LogP contribution >= 0.6 is 0 Å². The molecule has 0 unspecified atom stereocenters. The van der Waals surface area contributed by atoms with Crippen molar-refractivity contribution < 1.29 is 37.3 Å². The van der Waals surface area contributed by atoms with Gasteiger partial charge in [-0.3, -0.25) is 0 Å². The van der Waals surface area contributed by atoms with Crippen LogP contribution in [0.4, 0.5) is 0 Å². The second kappa shape index (κ2) is 21.9. The van der Waals surface area contributed by atoms with Crippen LogP contribution in [0.3, 0.4) is 0 Å². The minimum Gasteiger partial charge on any atom is -0.546 e. The van der Waals surface area contributed by atoms with Crippen LogP contribution in [0.25, 0.3) is 0 Å². The number of fused-ring (bicyclic) bond motifs is 3. The van der Waals surface area contributed by atoms with Crippen LogP contribution in [-0.2, 0) is 50.5 Å². The van der Waals surface area contributed by atoms with Gasteiger partial charge in [0.2, 0.25) is 8.32 Å². The fraction of sp³-hybridized carbons (Fsp3) is 0.536. The molecule has 3 saturated heterocycles. The second-order valence-corrected chi connectivity index (χ2v) is 30.0. The summed E-state index contributed by atoms with van der Waals surface area (Å²) in [5.74, 6) is 0.962. The third-order valence-electron chi connectivity index (χ3n) is 14.0. The molecule has 0 N–H and O–H groups in total. The molecule has 0 radical (unpaired) electrons. The zero-order valence-electron chi connectivity index (χ0n) is 40.7. The molecule has 4 heterocycles. The Kier molecular flexibility index (Phi) is 16.3. The van der Waals surface area contributed by atoms with Gasteiger partial charge in [-0.25, -0.2) is 0 Å². The van der Waals surface area contributed by atoms with Crippen LogP contribution in [0.15, 0.2) is 133 Å². The van der Waals surface area contributed by atoms with E-state index in [4.69, 9.17) is 37.3 Å². The van der Waals surface area contributed by atoms with Crippen LogP contribution in [0.1, 0.15) is 96.6 Å². The van der Waals surface area contributed by atoms with Crippen LogP contribution in [0.5, 0.6) is 0 Å². The third-order valence-corrected chi connectivity index (χ3v) is 19.9. The highest BCUT2D eigenvalue weighted by molar-refractivity contribution is 6.99. The lowest BCUT2D eigenvalue weighted by Gasteiger charge is -2.52. The first kappa shape index (κ1) is 49.0. The smallest absolute Gasteiger partial charge is 0.261 e. The molecule has 0 aliphatic carbocycles. The van der Waals surface area contributed by atoms with Gasteiger partial charge in [0.25, 0.3) is 8.32 Å². The van der Waals surface area contributed by atoms with Crippen molar-refractivity contribution in [1.29, 1.82) is 0 Å². The lowest BCUT2D eigenvalue weighted by Crippen LogP contribution is -2.66. The molecule has 9 atom stereocenters. The molecule has 356 valence electrons. The first-order valence-corrected chi connectivity index (χ1v) is 30.2. The van der Waals surface area contributed by atoms with E-state index in [2.05, 4.69) is 169 Å². The van der Waals surface area contributed by atoms with Crippen molar-refractivity contribution in [3.8, 4) is 0 Å². The Bertz CT molecular complexity index is 2070. The number of ether oxygens (including phenoxy) is 6. The van der Waals surface area contributed by atoms with E-state index >= 15 is 0 Å². The predicted molar refractivity (Wildman–Crippen MR) is 268 cm³/mol. The highest BCUT2D eigenvalue weighted by atomic mass is 28.4. The summed E-state index contributed by atoms with van der Waals surface area (Å²) in [5.41, 5.74) is 1.85. The Hall–Kier alpha value is -3.43. The fourth-order valence-electron chi connectivity index (χ4n) is 10.8. The topological polar surface area (TPSA) is 73.8 Å². The number of rotatable bonds is 18. The molecule has 3 fully saturated rings. The van der Waals surface area contributed by atoms with Crippen molar-refractivity contribution in [2.45, 2.75) is 178 Å². The van der Waals surface area contributed by atoms with Gasteiger partial charge in [-0.2, -0.15) is 0 Å². The van der Waals surface area contributed by atoms with Gasteiger partial charge in [0.05, 0.1) is 55.4 Å². The summed E-state index contributed by atoms with van der Waals surface area (Å²) in [5, 5.41) is 2.51. The third kappa shape index (κ3) is 12.0. The molecule has 0 spiro atoms. The number of hydrogen-bond acceptors (Lipinski definition) is 8. The molecule has 4 aromatic carbocycles. The molecule has 8 nitrogen and oxygen atoms in total. The van der Waals surface area contributed by atoms with Crippen molar-refractivity contribution in [3.05, 3.63) is 144 Å². The predicted octanol–water partition coefficient (Wildman–Crippen LogP) is 11.1. The van der Waals surface area contributed by atoms with Gasteiger partial charge in [0, 0.05) is 26.1 Å². The second-order valence-electron chi connectivity index (χ2n) is 21.3. The zero-order chi connectivity index (χ0) is 46.2. The van der Waals surface area contributed by atoms with Gasteiger partial charge >= 0.3 is 0 Å². The van der Waals surface area contributed by atoms with Crippen molar-refractivity contribution in [2.75, 3.05) is 13.2 Å². The van der Waals surface area contributed by atoms with E-state index in [1.165, 1.54) is 15.9 Å². The Morgan fingerprint density at radius 1 is 0.667 bits per heavy atom. The molecule has 0 saturated carbocycles. The molecule has 66 heavy (non-hydrogen) atoms. The van der Waals surface area contributed by atoms with Gasteiger partial charge in [-0.15, -0.1) is 0 Å². The van der Waals surface area contributed by atoms with Gasteiger partial charge < -0.3 is 37.3 Å². The first-order chi connectivity index (χ1) is 31.8. The largest absolute Gasteiger partial charge is 0.546 e. The van der Waals surface area contributed by atoms with Crippen molar-refractivity contribution in [2.24, 2.45) is 0 Å². The zero-order valence-corrected chi connectivity index (χ0v) is 42.7. The lowest BCUT2D eigenvalue weighted by atomic mass is 9.81. The Morgan fingerprint density at radius 3 is 1.89 bits per heavy atom. The van der Waals surface area contributed by atoms with Crippen LogP contribution in [-0.4, -0.2) is 84.3 Å². The normalized spacial score (nSPS) is 28.2. The molecule has 4 aliphatic rings. The summed E-state index contributed by atoms with van der Waals surface area (Å²) < 4.78 is 55.8. The first-order valence-electron chi connectivity index (χ1n) is 24.9. The van der Waals surface area contributed by atoms with E-state index in [1.807, 2.05) is 6.07 Å². The lowest BCUT2D eigenvalue weighted by molar-refractivity contribution is -0.298. The van der Waals surface area contributed by atoms with E-state index in [1.54, 1.807) is 0 Å². The van der Waals surface area contributed by atoms with Crippen LogP contribution in [0.2, 0.25) is 24.7 Å². The maximum absolute atomic E-state index is 7.35. The Morgan fingerprint density at radius 2 is 1.27 bits per heavy atom. The van der Waals surface area contributed by atoms with E-state index < -0.39 is 22.2 Å². The fourth-order valence-corrected chi connectivity index (χ4v) is 16.3. The van der Waals surface area contributed by atoms with Crippen LogP contribution in [0, 0.1) is 0 Å². The highest BCUT2D eigenvalue weighted by Crippen LogP contribution is 2.46.